The Morgan fingerprint density at radius 3 is 1.83 bits per heavy atom. The normalized spacial score (nSPS) is 11.8. The molecule has 0 bridgehead atoms. The highest BCUT2D eigenvalue weighted by atomic mass is 16.2. The molecule has 0 aliphatic heterocycles. The lowest BCUT2D eigenvalue weighted by Crippen LogP contribution is -2.46. The minimum absolute atomic E-state index is 0.252. The lowest BCUT2D eigenvalue weighted by molar-refractivity contribution is -0.127. The van der Waals surface area contributed by atoms with Crippen LogP contribution >= 0.6 is 0 Å². The fourth-order valence-electron chi connectivity index (χ4n) is 2.61. The van der Waals surface area contributed by atoms with Crippen LogP contribution in [0.3, 0.4) is 0 Å². The van der Waals surface area contributed by atoms with E-state index in [1.165, 1.54) is 0 Å². The fraction of sp³-hybridized carbons (Fsp3) is 0.200. The number of amides is 2. The molecule has 2 aromatic rings. The van der Waals surface area contributed by atoms with Gasteiger partial charge in [-0.3, -0.25) is 9.59 Å². The third-order valence-corrected chi connectivity index (χ3v) is 3.74. The van der Waals surface area contributed by atoms with Crippen molar-refractivity contribution in [1.82, 2.24) is 5.32 Å². The molecule has 1 atom stereocenters. The van der Waals surface area contributed by atoms with Crippen molar-refractivity contribution in [2.45, 2.75) is 25.3 Å². The highest BCUT2D eigenvalue weighted by Gasteiger charge is 2.26. The number of hydrogen-bond donors (Lipinski definition) is 2. The van der Waals surface area contributed by atoms with Gasteiger partial charge >= 0.3 is 0 Å². The van der Waals surface area contributed by atoms with Crippen molar-refractivity contribution in [3.05, 3.63) is 83.9 Å². The summed E-state index contributed by atoms with van der Waals surface area (Å²) in [6, 6.07) is 18.2. The van der Waals surface area contributed by atoms with Gasteiger partial charge in [-0.05, 0) is 24.5 Å². The molecule has 0 heterocycles. The highest BCUT2D eigenvalue weighted by Crippen LogP contribution is 2.25. The van der Waals surface area contributed by atoms with Gasteiger partial charge in [0.1, 0.15) is 6.04 Å². The summed E-state index contributed by atoms with van der Waals surface area (Å²) in [5, 5.41) is 2.77. The minimum atomic E-state index is -0.759. The molecule has 0 fully saturated rings. The Morgan fingerprint density at radius 2 is 1.46 bits per heavy atom. The van der Waals surface area contributed by atoms with Crippen LogP contribution < -0.4 is 11.1 Å². The summed E-state index contributed by atoms with van der Waals surface area (Å²) in [7, 11) is 0. The van der Waals surface area contributed by atoms with Crippen LogP contribution in [-0.2, 0) is 9.59 Å². The highest BCUT2D eigenvalue weighted by molar-refractivity contribution is 5.92. The third kappa shape index (κ3) is 4.56. The van der Waals surface area contributed by atoms with E-state index in [9.17, 15) is 9.59 Å². The first-order valence-corrected chi connectivity index (χ1v) is 7.83. The molecule has 2 rings (SSSR count). The zero-order valence-corrected chi connectivity index (χ0v) is 13.7. The van der Waals surface area contributed by atoms with E-state index in [1.807, 2.05) is 60.7 Å². The van der Waals surface area contributed by atoms with Crippen molar-refractivity contribution in [3.63, 3.8) is 0 Å². The van der Waals surface area contributed by atoms with Gasteiger partial charge < -0.3 is 11.1 Å². The molecule has 0 radical (unpaired) electrons. The Morgan fingerprint density at radius 1 is 1.00 bits per heavy atom. The van der Waals surface area contributed by atoms with Crippen molar-refractivity contribution in [3.8, 4) is 0 Å². The zero-order chi connectivity index (χ0) is 17.5. The van der Waals surface area contributed by atoms with Crippen LogP contribution in [0.1, 0.15) is 30.4 Å². The van der Waals surface area contributed by atoms with Crippen molar-refractivity contribution in [1.29, 1.82) is 0 Å². The van der Waals surface area contributed by atoms with Gasteiger partial charge in [0, 0.05) is 0 Å². The number of benzene rings is 2. The van der Waals surface area contributed by atoms with Gasteiger partial charge in [-0.25, -0.2) is 0 Å². The smallest absolute Gasteiger partial charge is 0.240 e. The molecule has 0 unspecified atom stereocenters. The van der Waals surface area contributed by atoms with Crippen LogP contribution in [0.15, 0.2) is 72.8 Å². The number of carbonyl (C=O) groups is 2. The van der Waals surface area contributed by atoms with Crippen molar-refractivity contribution < 1.29 is 9.59 Å². The second kappa shape index (κ2) is 8.11. The second-order valence-corrected chi connectivity index (χ2v) is 5.88. The van der Waals surface area contributed by atoms with Crippen LogP contribution in [0.2, 0.25) is 0 Å². The number of primary amides is 1. The summed E-state index contributed by atoms with van der Waals surface area (Å²) < 4.78 is 0. The molecule has 124 valence electrons. The Kier molecular flexibility index (Phi) is 5.90. The molecule has 24 heavy (non-hydrogen) atoms. The number of carbonyl (C=O) groups excluding carboxylic acids is 2. The molecule has 0 aliphatic rings. The van der Waals surface area contributed by atoms with Crippen LogP contribution in [0.4, 0.5) is 0 Å². The van der Waals surface area contributed by atoms with E-state index in [2.05, 4.69) is 11.9 Å². The molecule has 2 amide bonds. The predicted octanol–water partition coefficient (Wildman–Crippen LogP) is 2.75. The number of hydrogen-bond acceptors (Lipinski definition) is 2. The van der Waals surface area contributed by atoms with Crippen molar-refractivity contribution in [2.75, 3.05) is 0 Å². The minimum Gasteiger partial charge on any atom is -0.368 e. The van der Waals surface area contributed by atoms with E-state index in [0.717, 1.165) is 16.7 Å². The molecule has 2 aromatic carbocycles. The Hall–Kier alpha value is -2.88. The average molecular weight is 322 g/mol. The second-order valence-electron chi connectivity index (χ2n) is 5.88. The Labute approximate surface area is 142 Å². The number of nitrogens with two attached hydrogens (primary N) is 1. The van der Waals surface area contributed by atoms with Crippen LogP contribution in [0.25, 0.3) is 0 Å². The molecule has 4 heteroatoms. The average Bonchev–Trinajstić information content (AvgIpc) is 2.56. The van der Waals surface area contributed by atoms with Crippen molar-refractivity contribution in [2.24, 2.45) is 5.73 Å². The zero-order valence-electron chi connectivity index (χ0n) is 13.7. The first-order chi connectivity index (χ1) is 11.5. The summed E-state index contributed by atoms with van der Waals surface area (Å²) >= 11 is 0. The Balaban J connectivity index is 2.32. The first kappa shape index (κ1) is 17.5. The molecule has 0 aliphatic carbocycles. The molecular formula is C20H22N2O2. The van der Waals surface area contributed by atoms with Crippen molar-refractivity contribution >= 4 is 11.8 Å². The van der Waals surface area contributed by atoms with Crippen LogP contribution in [-0.4, -0.2) is 17.9 Å². The lowest BCUT2D eigenvalue weighted by atomic mass is 9.90. The van der Waals surface area contributed by atoms with Gasteiger partial charge in [-0.1, -0.05) is 66.2 Å². The van der Waals surface area contributed by atoms with E-state index in [-0.39, 0.29) is 5.91 Å². The van der Waals surface area contributed by atoms with E-state index in [1.54, 1.807) is 6.92 Å². The maximum Gasteiger partial charge on any atom is 0.240 e. The largest absolute Gasteiger partial charge is 0.368 e. The van der Waals surface area contributed by atoms with E-state index >= 15 is 0 Å². The lowest BCUT2D eigenvalue weighted by Gasteiger charge is -2.22. The quantitative estimate of drug-likeness (QED) is 0.769. The monoisotopic (exact) mass is 322 g/mol. The molecule has 0 saturated carbocycles. The molecule has 0 spiro atoms. The van der Waals surface area contributed by atoms with Gasteiger partial charge in [-0.2, -0.15) is 0 Å². The third-order valence-electron chi connectivity index (χ3n) is 3.74. The molecule has 4 nitrogen and oxygen atoms in total. The Bertz CT molecular complexity index is 671. The van der Waals surface area contributed by atoms with Gasteiger partial charge in [-0.15, -0.1) is 6.58 Å². The van der Waals surface area contributed by atoms with E-state index < -0.39 is 17.9 Å². The molecule has 0 saturated heterocycles. The number of nitrogens with one attached hydrogen (secondary N) is 1. The van der Waals surface area contributed by atoms with Crippen LogP contribution in [0, 0.1) is 0 Å². The van der Waals surface area contributed by atoms with E-state index in [4.69, 9.17) is 5.73 Å². The maximum atomic E-state index is 12.9. The van der Waals surface area contributed by atoms with Crippen LogP contribution in [0.5, 0.6) is 0 Å². The standard InChI is InChI=1S/C20H22N2O2/c1-14(2)13-17(19(21)23)22-20(24)18(15-9-5-3-6-10-15)16-11-7-4-8-12-16/h3-12,17-18H,1,13H2,2H3,(H2,21,23)(H,22,24)/t17-/m1/s1. The summed E-state index contributed by atoms with van der Waals surface area (Å²) in [5.41, 5.74) is 7.92. The summed E-state index contributed by atoms with van der Waals surface area (Å²) in [6.07, 6.45) is 0.331. The number of rotatable bonds is 7. The van der Waals surface area contributed by atoms with Gasteiger partial charge in [0.2, 0.25) is 11.8 Å². The summed E-state index contributed by atoms with van der Waals surface area (Å²) in [5.74, 6) is -1.32. The summed E-state index contributed by atoms with van der Waals surface area (Å²) in [6.45, 7) is 5.59. The summed E-state index contributed by atoms with van der Waals surface area (Å²) in [4.78, 5) is 24.5. The molecular weight excluding hydrogens is 300 g/mol. The maximum absolute atomic E-state index is 12.9. The molecule has 0 aromatic heterocycles. The molecule has 3 N–H and O–H groups in total. The fourth-order valence-corrected chi connectivity index (χ4v) is 2.61. The van der Waals surface area contributed by atoms with Gasteiger partial charge in [0.25, 0.3) is 0 Å². The SMILES string of the molecule is C=C(C)C[C@@H](NC(=O)C(c1ccccc1)c1ccccc1)C(N)=O. The van der Waals surface area contributed by atoms with Gasteiger partial charge in [0.05, 0.1) is 5.92 Å². The topological polar surface area (TPSA) is 72.2 Å². The predicted molar refractivity (Wildman–Crippen MR) is 95.3 cm³/mol. The van der Waals surface area contributed by atoms with Gasteiger partial charge in [0.15, 0.2) is 0 Å². The van der Waals surface area contributed by atoms with E-state index in [0.29, 0.717) is 6.42 Å². The first-order valence-electron chi connectivity index (χ1n) is 7.83.